The lowest BCUT2D eigenvalue weighted by Crippen LogP contribution is -2.50. The first-order chi connectivity index (χ1) is 10.2. The molecule has 21 heavy (non-hydrogen) atoms. The van der Waals surface area contributed by atoms with Crippen molar-refractivity contribution >= 4 is 17.3 Å². The third-order valence-electron chi connectivity index (χ3n) is 4.02. The number of likely N-dealkylation sites (N-methyl/N-ethyl adjacent to an activating group) is 1. The van der Waals surface area contributed by atoms with E-state index in [0.717, 1.165) is 45.0 Å². The van der Waals surface area contributed by atoms with Crippen molar-refractivity contribution < 1.29 is 4.79 Å². The number of rotatable bonds is 5. The number of carbonyl (C=O) groups excluding carboxylic acids is 1. The van der Waals surface area contributed by atoms with Crippen LogP contribution in [0.5, 0.6) is 0 Å². The van der Waals surface area contributed by atoms with Crippen LogP contribution in [0.4, 0.5) is 11.4 Å². The third-order valence-corrected chi connectivity index (χ3v) is 4.02. The maximum atomic E-state index is 12.1. The normalized spacial score (nSPS) is 16.0. The smallest absolute Gasteiger partial charge is 0.236 e. The van der Waals surface area contributed by atoms with Gasteiger partial charge in [0.15, 0.2) is 0 Å². The molecule has 0 spiro atoms. The first kappa shape index (κ1) is 15.6. The molecule has 1 aliphatic rings. The minimum atomic E-state index is 0.219. The number of carbonyl (C=O) groups is 1. The molecule has 6 nitrogen and oxygen atoms in total. The summed E-state index contributed by atoms with van der Waals surface area (Å²) in [6.45, 7) is 9.66. The van der Waals surface area contributed by atoms with Crippen LogP contribution in [-0.4, -0.2) is 66.5 Å². The molecule has 116 valence electrons. The Balaban J connectivity index is 1.86. The number of amides is 1. The van der Waals surface area contributed by atoms with Gasteiger partial charge in [0.05, 0.1) is 24.1 Å². The summed E-state index contributed by atoms with van der Waals surface area (Å²) in [5.41, 5.74) is 7.72. The van der Waals surface area contributed by atoms with Crippen LogP contribution in [0.15, 0.2) is 18.5 Å². The summed E-state index contributed by atoms with van der Waals surface area (Å²) in [7, 11) is 0. The Kier molecular flexibility index (Phi) is 5.38. The predicted molar refractivity (Wildman–Crippen MR) is 85.2 cm³/mol. The lowest BCUT2D eigenvalue weighted by molar-refractivity contribution is -0.132. The number of pyridine rings is 1. The Hall–Kier alpha value is -1.82. The monoisotopic (exact) mass is 291 g/mol. The van der Waals surface area contributed by atoms with E-state index in [1.54, 1.807) is 12.4 Å². The summed E-state index contributed by atoms with van der Waals surface area (Å²) in [6, 6.07) is 1.95. The average Bonchev–Trinajstić information content (AvgIpc) is 2.50. The van der Waals surface area contributed by atoms with Gasteiger partial charge in [-0.2, -0.15) is 0 Å². The van der Waals surface area contributed by atoms with Gasteiger partial charge in [0, 0.05) is 45.5 Å². The van der Waals surface area contributed by atoms with Gasteiger partial charge in [0.2, 0.25) is 5.91 Å². The van der Waals surface area contributed by atoms with Gasteiger partial charge >= 0.3 is 0 Å². The van der Waals surface area contributed by atoms with E-state index < -0.39 is 0 Å². The molecule has 0 aliphatic carbocycles. The Labute approximate surface area is 126 Å². The summed E-state index contributed by atoms with van der Waals surface area (Å²) < 4.78 is 0. The topological polar surface area (TPSA) is 65.7 Å². The van der Waals surface area contributed by atoms with Crippen molar-refractivity contribution in [2.24, 2.45) is 0 Å². The molecule has 6 heteroatoms. The van der Waals surface area contributed by atoms with Crippen molar-refractivity contribution in [3.05, 3.63) is 18.5 Å². The predicted octanol–water partition coefficient (Wildman–Crippen LogP) is 0.654. The lowest BCUT2D eigenvalue weighted by atomic mass is 10.2. The molecule has 1 aliphatic heterocycles. The standard InChI is InChI=1S/C15H25N5O/c1-3-19(4-2)15(21)12-18-7-9-20(10-8-18)14-5-6-17-11-13(14)16/h5-6,11H,3-4,7-10,12,16H2,1-2H3. The molecule has 2 heterocycles. The summed E-state index contributed by atoms with van der Waals surface area (Å²) in [6.07, 6.45) is 3.45. The second-order valence-electron chi connectivity index (χ2n) is 5.26. The van der Waals surface area contributed by atoms with Crippen molar-refractivity contribution in [3.8, 4) is 0 Å². The fourth-order valence-electron chi connectivity index (χ4n) is 2.70. The first-order valence-corrected chi connectivity index (χ1v) is 7.60. The van der Waals surface area contributed by atoms with Crippen molar-refractivity contribution in [1.29, 1.82) is 0 Å². The van der Waals surface area contributed by atoms with E-state index in [0.29, 0.717) is 12.2 Å². The minimum Gasteiger partial charge on any atom is -0.396 e. The van der Waals surface area contributed by atoms with Crippen molar-refractivity contribution in [2.45, 2.75) is 13.8 Å². The number of hydrogen-bond acceptors (Lipinski definition) is 5. The fourth-order valence-corrected chi connectivity index (χ4v) is 2.70. The highest BCUT2D eigenvalue weighted by atomic mass is 16.2. The number of nitrogens with zero attached hydrogens (tertiary/aromatic N) is 4. The summed E-state index contributed by atoms with van der Waals surface area (Å²) >= 11 is 0. The van der Waals surface area contributed by atoms with Crippen molar-refractivity contribution in [3.63, 3.8) is 0 Å². The first-order valence-electron chi connectivity index (χ1n) is 7.60. The third kappa shape index (κ3) is 3.85. The summed E-state index contributed by atoms with van der Waals surface area (Å²) in [5.74, 6) is 0.219. The maximum Gasteiger partial charge on any atom is 0.236 e. The van der Waals surface area contributed by atoms with Crippen LogP contribution in [0.2, 0.25) is 0 Å². The molecular formula is C15H25N5O. The molecule has 1 aromatic rings. The zero-order valence-electron chi connectivity index (χ0n) is 13.0. The van der Waals surface area contributed by atoms with Crippen molar-refractivity contribution in [1.82, 2.24) is 14.8 Å². The van der Waals surface area contributed by atoms with E-state index in [2.05, 4.69) is 14.8 Å². The molecule has 1 aromatic heterocycles. The Morgan fingerprint density at radius 3 is 2.52 bits per heavy atom. The fraction of sp³-hybridized carbons (Fsp3) is 0.600. The van der Waals surface area contributed by atoms with Gasteiger partial charge in [-0.05, 0) is 19.9 Å². The van der Waals surface area contributed by atoms with Crippen LogP contribution in [0.3, 0.4) is 0 Å². The Bertz CT molecular complexity index is 467. The number of piperazine rings is 1. The SMILES string of the molecule is CCN(CC)C(=O)CN1CCN(c2ccncc2N)CC1. The molecule has 0 atom stereocenters. The van der Waals surface area contributed by atoms with Gasteiger partial charge in [0.1, 0.15) is 0 Å². The maximum absolute atomic E-state index is 12.1. The molecule has 0 saturated carbocycles. The second-order valence-corrected chi connectivity index (χ2v) is 5.26. The molecule has 1 amide bonds. The zero-order valence-corrected chi connectivity index (χ0v) is 13.0. The minimum absolute atomic E-state index is 0.219. The molecule has 0 unspecified atom stereocenters. The van der Waals surface area contributed by atoms with Gasteiger partial charge in [-0.25, -0.2) is 0 Å². The van der Waals surface area contributed by atoms with E-state index in [4.69, 9.17) is 5.73 Å². The highest BCUT2D eigenvalue weighted by molar-refractivity contribution is 5.78. The summed E-state index contributed by atoms with van der Waals surface area (Å²) in [4.78, 5) is 22.5. The van der Waals surface area contributed by atoms with E-state index >= 15 is 0 Å². The van der Waals surface area contributed by atoms with Crippen LogP contribution in [0.1, 0.15) is 13.8 Å². The van der Waals surface area contributed by atoms with Gasteiger partial charge in [-0.3, -0.25) is 14.7 Å². The van der Waals surface area contributed by atoms with Crippen LogP contribution < -0.4 is 10.6 Å². The Morgan fingerprint density at radius 1 is 1.29 bits per heavy atom. The molecule has 0 radical (unpaired) electrons. The van der Waals surface area contributed by atoms with Gasteiger partial charge in [0.25, 0.3) is 0 Å². The van der Waals surface area contributed by atoms with Crippen molar-refractivity contribution in [2.75, 3.05) is 56.4 Å². The lowest BCUT2D eigenvalue weighted by Gasteiger charge is -2.36. The molecular weight excluding hydrogens is 266 g/mol. The number of anilines is 2. The summed E-state index contributed by atoms with van der Waals surface area (Å²) in [5, 5.41) is 0. The van der Waals surface area contributed by atoms with Crippen LogP contribution in [0.25, 0.3) is 0 Å². The molecule has 0 aromatic carbocycles. The molecule has 1 saturated heterocycles. The average molecular weight is 291 g/mol. The van der Waals surface area contributed by atoms with E-state index in [9.17, 15) is 4.79 Å². The van der Waals surface area contributed by atoms with E-state index in [1.165, 1.54) is 0 Å². The Morgan fingerprint density at radius 2 is 1.95 bits per heavy atom. The molecule has 2 N–H and O–H groups in total. The van der Waals surface area contributed by atoms with Gasteiger partial charge < -0.3 is 15.5 Å². The van der Waals surface area contributed by atoms with Gasteiger partial charge in [-0.1, -0.05) is 0 Å². The van der Waals surface area contributed by atoms with E-state index in [-0.39, 0.29) is 5.91 Å². The molecule has 2 rings (SSSR count). The largest absolute Gasteiger partial charge is 0.396 e. The van der Waals surface area contributed by atoms with Gasteiger partial charge in [-0.15, -0.1) is 0 Å². The zero-order chi connectivity index (χ0) is 15.2. The van der Waals surface area contributed by atoms with Crippen LogP contribution >= 0.6 is 0 Å². The quantitative estimate of drug-likeness (QED) is 0.863. The number of aromatic nitrogens is 1. The molecule has 0 bridgehead atoms. The van der Waals surface area contributed by atoms with E-state index in [1.807, 2.05) is 24.8 Å². The molecule has 1 fully saturated rings. The van der Waals surface area contributed by atoms with Crippen LogP contribution in [0, 0.1) is 0 Å². The number of nitrogen functional groups attached to an aromatic ring is 1. The highest BCUT2D eigenvalue weighted by Gasteiger charge is 2.21. The highest BCUT2D eigenvalue weighted by Crippen LogP contribution is 2.22. The second kappa shape index (κ2) is 7.26. The number of nitrogens with two attached hydrogens (primary N) is 1. The van der Waals surface area contributed by atoms with Crippen LogP contribution in [-0.2, 0) is 4.79 Å². The number of hydrogen-bond donors (Lipinski definition) is 1.